The minimum absolute atomic E-state index is 0.0189. The Morgan fingerprint density at radius 3 is 2.21 bits per heavy atom. The van der Waals surface area contributed by atoms with Crippen molar-refractivity contribution in [2.75, 3.05) is 6.61 Å². The summed E-state index contributed by atoms with van der Waals surface area (Å²) in [7, 11) is -10.3. The number of fused-ring (bicyclic) bond motifs is 1. The van der Waals surface area contributed by atoms with Crippen molar-refractivity contribution < 1.29 is 78.5 Å². The lowest BCUT2D eigenvalue weighted by Gasteiger charge is -2.45. The number of aliphatic hydroxyl groups is 3. The topological polar surface area (TPSA) is 274 Å². The predicted molar refractivity (Wildman–Crippen MR) is 99.8 cm³/mol. The van der Waals surface area contributed by atoms with Crippen LogP contribution in [0.3, 0.4) is 0 Å². The molecule has 34 heavy (non-hydrogen) atoms. The van der Waals surface area contributed by atoms with E-state index < -0.39 is 94.7 Å². The Morgan fingerprint density at radius 2 is 1.65 bits per heavy atom. The van der Waals surface area contributed by atoms with E-state index in [0.29, 0.717) is 0 Å². The molecule has 0 amide bonds. The van der Waals surface area contributed by atoms with Crippen LogP contribution >= 0.6 is 0 Å². The van der Waals surface area contributed by atoms with E-state index in [1.54, 1.807) is 0 Å². The molecule has 0 aromatic heterocycles. The first-order chi connectivity index (χ1) is 15.6. The lowest BCUT2D eigenvalue weighted by Crippen LogP contribution is -2.65. The molecule has 0 spiro atoms. The maximum absolute atomic E-state index is 11.5. The Balaban J connectivity index is 1.95. The monoisotopic (exact) mass is 539 g/mol. The van der Waals surface area contributed by atoms with E-state index in [9.17, 15) is 46.6 Å². The van der Waals surface area contributed by atoms with Crippen LogP contribution in [0.4, 0.5) is 0 Å². The summed E-state index contributed by atoms with van der Waals surface area (Å²) in [5.74, 6) is -1.75. The van der Waals surface area contributed by atoms with E-state index in [4.69, 9.17) is 23.5 Å². The number of rotatable bonds is 8. The van der Waals surface area contributed by atoms with Crippen LogP contribution in [0.25, 0.3) is 0 Å². The van der Waals surface area contributed by atoms with E-state index in [1.165, 1.54) is 6.92 Å². The summed E-state index contributed by atoms with van der Waals surface area (Å²) in [4.78, 5) is 15.3. The van der Waals surface area contributed by atoms with Crippen molar-refractivity contribution in [3.8, 4) is 0 Å². The summed E-state index contributed by atoms with van der Waals surface area (Å²) in [5, 5.41) is 39.2. The zero-order valence-corrected chi connectivity index (χ0v) is 18.6. The Labute approximate surface area is 191 Å². The minimum atomic E-state index is -5.29. The fourth-order valence-electron chi connectivity index (χ4n) is 3.55. The zero-order valence-electron chi connectivity index (χ0n) is 16.9. The fourth-order valence-corrected chi connectivity index (χ4v) is 4.37. The SMILES string of the molecule is CC1=N[C@H]2[C@H](O1)O[C@H](COS(=O)(=O)O)[C@H](OS(=O)(=O)O)[C@@H]2O[C@@H]1O[C@H](C(=O)O)[C@@H](O)[C@H](O)[C@H]1O. The van der Waals surface area contributed by atoms with Gasteiger partial charge < -0.3 is 39.4 Å². The van der Waals surface area contributed by atoms with Gasteiger partial charge in [0.1, 0.15) is 42.7 Å². The molecule has 0 saturated carbocycles. The van der Waals surface area contributed by atoms with Crippen LogP contribution in [0.5, 0.6) is 0 Å². The van der Waals surface area contributed by atoms with Gasteiger partial charge in [0, 0.05) is 6.92 Å². The normalized spacial score (nSPS) is 40.8. The Morgan fingerprint density at radius 1 is 1.00 bits per heavy atom. The molecule has 196 valence electrons. The van der Waals surface area contributed by atoms with Gasteiger partial charge in [0.05, 0.1) is 6.61 Å². The first-order valence-corrected chi connectivity index (χ1v) is 12.0. The number of nitrogens with zero attached hydrogens (tertiary/aromatic N) is 1. The molecule has 0 unspecified atom stereocenters. The average Bonchev–Trinajstić information content (AvgIpc) is 3.06. The van der Waals surface area contributed by atoms with E-state index in [1.807, 2.05) is 0 Å². The minimum Gasteiger partial charge on any atom is -0.479 e. The van der Waals surface area contributed by atoms with Gasteiger partial charge >= 0.3 is 26.8 Å². The summed E-state index contributed by atoms with van der Waals surface area (Å²) in [6.45, 7) is 0.269. The van der Waals surface area contributed by atoms with Crippen molar-refractivity contribution in [3.63, 3.8) is 0 Å². The number of aliphatic carboxylic acids is 1. The number of aliphatic imine (C=N–C) groups is 1. The lowest BCUT2D eigenvalue weighted by atomic mass is 9.96. The predicted octanol–water partition coefficient (Wildman–Crippen LogP) is -4.19. The molecule has 18 nitrogen and oxygen atoms in total. The molecule has 3 aliphatic rings. The maximum Gasteiger partial charge on any atom is 0.397 e. The molecule has 6 N–H and O–H groups in total. The molecule has 2 saturated heterocycles. The second-order valence-corrected chi connectivity index (χ2v) is 9.48. The molecule has 0 bridgehead atoms. The van der Waals surface area contributed by atoms with Crippen molar-refractivity contribution in [2.24, 2.45) is 4.99 Å². The smallest absolute Gasteiger partial charge is 0.397 e. The second-order valence-electron chi connectivity index (χ2n) is 7.34. The Kier molecular flexibility index (Phi) is 7.82. The first-order valence-electron chi connectivity index (χ1n) is 9.29. The molecule has 3 rings (SSSR count). The Hall–Kier alpha value is -1.56. The maximum atomic E-state index is 11.5. The highest BCUT2D eigenvalue weighted by atomic mass is 32.3. The van der Waals surface area contributed by atoms with E-state index in [2.05, 4.69) is 13.4 Å². The standard InChI is InChI=1S/C14H21NO17S2/c1-3-15-5-10(30-14-8(18)6(16)7(17)11(31-14)12(19)20)9(32-34(24,25)26)4(29-13(5)28-3)2-27-33(21,22)23/h4-11,13-14,16-18H,2H2,1H3,(H,19,20)(H,21,22,23)(H,24,25,26)/t4-,5-,6+,7+,8-,9+,10-,11+,13-,14-/m1/s1. The molecule has 0 radical (unpaired) electrons. The fraction of sp³-hybridized carbons (Fsp3) is 0.857. The largest absolute Gasteiger partial charge is 0.479 e. The average molecular weight is 539 g/mol. The van der Waals surface area contributed by atoms with Gasteiger partial charge in [-0.15, -0.1) is 0 Å². The number of carbonyl (C=O) groups is 1. The van der Waals surface area contributed by atoms with Gasteiger partial charge in [-0.2, -0.15) is 16.8 Å². The van der Waals surface area contributed by atoms with Gasteiger partial charge in [-0.1, -0.05) is 0 Å². The number of ether oxygens (including phenoxy) is 4. The number of carboxylic acids is 1. The van der Waals surface area contributed by atoms with Crippen molar-refractivity contribution in [1.82, 2.24) is 0 Å². The van der Waals surface area contributed by atoms with Crippen LogP contribution < -0.4 is 0 Å². The molecular weight excluding hydrogens is 518 g/mol. The highest BCUT2D eigenvalue weighted by Gasteiger charge is 2.56. The van der Waals surface area contributed by atoms with Crippen molar-refractivity contribution >= 4 is 32.7 Å². The third-order valence-electron chi connectivity index (χ3n) is 4.95. The van der Waals surface area contributed by atoms with Gasteiger partial charge in [0.2, 0.25) is 6.29 Å². The summed E-state index contributed by atoms with van der Waals surface area (Å²) < 4.78 is 92.8. The summed E-state index contributed by atoms with van der Waals surface area (Å²) in [6.07, 6.45) is -17.2. The third kappa shape index (κ3) is 6.16. The van der Waals surface area contributed by atoms with Gasteiger partial charge in [-0.05, 0) is 0 Å². The van der Waals surface area contributed by atoms with E-state index in [-0.39, 0.29) is 5.90 Å². The van der Waals surface area contributed by atoms with Crippen LogP contribution in [-0.4, -0.2) is 126 Å². The molecule has 0 aromatic rings. The summed E-state index contributed by atoms with van der Waals surface area (Å²) in [5.41, 5.74) is 0. The molecule has 3 heterocycles. The van der Waals surface area contributed by atoms with Gasteiger partial charge in [-0.25, -0.2) is 18.2 Å². The molecule has 2 fully saturated rings. The number of hydrogen-bond acceptors (Lipinski definition) is 15. The van der Waals surface area contributed by atoms with Crippen molar-refractivity contribution in [1.29, 1.82) is 0 Å². The lowest BCUT2D eigenvalue weighted by molar-refractivity contribution is -0.329. The molecule has 3 aliphatic heterocycles. The Bertz CT molecular complexity index is 1010. The summed E-state index contributed by atoms with van der Waals surface area (Å²) >= 11 is 0. The van der Waals surface area contributed by atoms with Gasteiger partial charge in [0.15, 0.2) is 18.3 Å². The van der Waals surface area contributed by atoms with Crippen LogP contribution in [-0.2, 0) is 52.9 Å². The first kappa shape index (κ1) is 27.0. The molecule has 0 aliphatic carbocycles. The van der Waals surface area contributed by atoms with Crippen LogP contribution in [0.15, 0.2) is 4.99 Å². The molecule has 20 heteroatoms. The number of aliphatic hydroxyl groups excluding tert-OH is 3. The molecule has 0 aromatic carbocycles. The van der Waals surface area contributed by atoms with Crippen molar-refractivity contribution in [2.45, 2.75) is 68.3 Å². The second kappa shape index (κ2) is 9.83. The quantitative estimate of drug-likeness (QED) is 0.159. The molecule has 10 atom stereocenters. The zero-order chi connectivity index (χ0) is 25.6. The van der Waals surface area contributed by atoms with E-state index in [0.717, 1.165) is 0 Å². The van der Waals surface area contributed by atoms with Crippen LogP contribution in [0.1, 0.15) is 6.92 Å². The number of carboxylic acid groups (broad SMARTS) is 1. The summed E-state index contributed by atoms with van der Waals surface area (Å²) in [6, 6.07) is -1.31. The van der Waals surface area contributed by atoms with Gasteiger partial charge in [0.25, 0.3) is 0 Å². The van der Waals surface area contributed by atoms with E-state index >= 15 is 0 Å². The van der Waals surface area contributed by atoms with Gasteiger partial charge in [-0.3, -0.25) is 9.11 Å². The molecular formula is C14H21NO17S2. The third-order valence-corrected chi connectivity index (χ3v) is 5.85. The number of hydrogen-bond donors (Lipinski definition) is 6. The van der Waals surface area contributed by atoms with Crippen LogP contribution in [0.2, 0.25) is 0 Å². The highest BCUT2D eigenvalue weighted by molar-refractivity contribution is 7.81. The van der Waals surface area contributed by atoms with Crippen LogP contribution in [0, 0.1) is 0 Å². The van der Waals surface area contributed by atoms with Crippen molar-refractivity contribution in [3.05, 3.63) is 0 Å². The highest BCUT2D eigenvalue weighted by Crippen LogP contribution is 2.35.